The highest BCUT2D eigenvalue weighted by Crippen LogP contribution is 2.31. The van der Waals surface area contributed by atoms with Crippen molar-refractivity contribution in [3.05, 3.63) is 35.4 Å². The van der Waals surface area contributed by atoms with Crippen molar-refractivity contribution in [2.24, 2.45) is 0 Å². The van der Waals surface area contributed by atoms with Crippen LogP contribution in [-0.2, 0) is 11.3 Å². The van der Waals surface area contributed by atoms with Gasteiger partial charge >= 0.3 is 6.03 Å². The normalized spacial score (nSPS) is 16.9. The summed E-state index contributed by atoms with van der Waals surface area (Å²) in [6, 6.07) is 8.86. The molecule has 1 aliphatic heterocycles. The number of benzene rings is 1. The molecular formula is C15H17N3O2. The number of nitrogens with zero attached hydrogens (tertiary/aromatic N) is 2. The highest BCUT2D eigenvalue weighted by Gasteiger charge is 2.50. The minimum absolute atomic E-state index is 0.248. The smallest absolute Gasteiger partial charge is 0.305 e. The number of rotatable bonds is 4. The molecule has 2 rings (SSSR count). The molecule has 1 heterocycles. The summed E-state index contributed by atoms with van der Waals surface area (Å²) in [5, 5.41) is 11.5. The van der Waals surface area contributed by atoms with Gasteiger partial charge in [-0.25, -0.2) is 4.79 Å². The zero-order chi connectivity index (χ0) is 14.8. The molecule has 1 aromatic rings. The topological polar surface area (TPSA) is 73.2 Å². The summed E-state index contributed by atoms with van der Waals surface area (Å²) in [7, 11) is 0. The Kier molecular flexibility index (Phi) is 3.75. The zero-order valence-electron chi connectivity index (χ0n) is 11.6. The molecule has 1 aromatic carbocycles. The average Bonchev–Trinajstić information content (AvgIpc) is 2.70. The van der Waals surface area contributed by atoms with Crippen molar-refractivity contribution in [1.82, 2.24) is 10.2 Å². The van der Waals surface area contributed by atoms with E-state index in [9.17, 15) is 9.59 Å². The van der Waals surface area contributed by atoms with Crippen LogP contribution in [0.1, 0.15) is 37.8 Å². The third kappa shape index (κ3) is 2.03. The molecule has 0 aliphatic carbocycles. The average molecular weight is 271 g/mol. The zero-order valence-corrected chi connectivity index (χ0v) is 11.6. The number of hydrogen-bond donors (Lipinski definition) is 1. The van der Waals surface area contributed by atoms with E-state index in [1.807, 2.05) is 26.0 Å². The quantitative estimate of drug-likeness (QED) is 0.853. The van der Waals surface area contributed by atoms with Crippen LogP contribution in [0.3, 0.4) is 0 Å². The van der Waals surface area contributed by atoms with Gasteiger partial charge in [-0.05, 0) is 24.5 Å². The molecule has 20 heavy (non-hydrogen) atoms. The second-order valence-corrected chi connectivity index (χ2v) is 4.85. The van der Waals surface area contributed by atoms with Gasteiger partial charge in [-0.3, -0.25) is 10.1 Å². The molecule has 1 aliphatic rings. The number of hydrogen-bond acceptors (Lipinski definition) is 3. The molecule has 104 valence electrons. The molecule has 0 bridgehead atoms. The van der Waals surface area contributed by atoms with Crippen molar-refractivity contribution in [2.45, 2.75) is 38.8 Å². The van der Waals surface area contributed by atoms with Gasteiger partial charge in [0, 0.05) is 6.54 Å². The Morgan fingerprint density at radius 1 is 1.25 bits per heavy atom. The molecule has 5 nitrogen and oxygen atoms in total. The number of carbonyl (C=O) groups excluding carboxylic acids is 2. The fraction of sp³-hybridized carbons (Fsp3) is 0.400. The van der Waals surface area contributed by atoms with Gasteiger partial charge < -0.3 is 4.90 Å². The lowest BCUT2D eigenvalue weighted by Gasteiger charge is -2.33. The van der Waals surface area contributed by atoms with E-state index in [0.29, 0.717) is 18.4 Å². The summed E-state index contributed by atoms with van der Waals surface area (Å²) in [4.78, 5) is 25.7. The van der Waals surface area contributed by atoms with Gasteiger partial charge in [0.15, 0.2) is 0 Å². The summed E-state index contributed by atoms with van der Waals surface area (Å²) >= 11 is 0. The van der Waals surface area contributed by atoms with Gasteiger partial charge in [-0.15, -0.1) is 0 Å². The van der Waals surface area contributed by atoms with Crippen LogP contribution >= 0.6 is 0 Å². The van der Waals surface area contributed by atoms with Crippen LogP contribution in [0.15, 0.2) is 24.3 Å². The summed E-state index contributed by atoms with van der Waals surface area (Å²) in [6.45, 7) is 4.05. The SMILES string of the molecule is CCC1(CC)C(=O)NC(=O)N1Cc1ccccc1C#N. The van der Waals surface area contributed by atoms with Crippen LogP contribution in [0.25, 0.3) is 0 Å². The lowest BCUT2D eigenvalue weighted by molar-refractivity contribution is -0.127. The third-order valence-electron chi connectivity index (χ3n) is 4.04. The van der Waals surface area contributed by atoms with Crippen LogP contribution in [0.2, 0.25) is 0 Å². The third-order valence-corrected chi connectivity index (χ3v) is 4.04. The Hall–Kier alpha value is -2.35. The first-order chi connectivity index (χ1) is 9.58. The van der Waals surface area contributed by atoms with Crippen LogP contribution in [0, 0.1) is 11.3 Å². The second kappa shape index (κ2) is 5.33. The van der Waals surface area contributed by atoms with Crippen LogP contribution in [0.5, 0.6) is 0 Å². The predicted molar refractivity (Wildman–Crippen MR) is 73.6 cm³/mol. The van der Waals surface area contributed by atoms with Gasteiger partial charge in [-0.1, -0.05) is 32.0 Å². The maximum Gasteiger partial charge on any atom is 0.325 e. The molecule has 3 amide bonds. The lowest BCUT2D eigenvalue weighted by Crippen LogP contribution is -2.48. The van der Waals surface area contributed by atoms with E-state index < -0.39 is 5.54 Å². The van der Waals surface area contributed by atoms with E-state index in [1.165, 1.54) is 0 Å². The highest BCUT2D eigenvalue weighted by molar-refractivity contribution is 6.06. The Balaban J connectivity index is 2.38. The summed E-state index contributed by atoms with van der Waals surface area (Å²) in [5.41, 5.74) is 0.478. The van der Waals surface area contributed by atoms with Gasteiger partial charge in [0.1, 0.15) is 5.54 Å². The summed E-state index contributed by atoms with van der Waals surface area (Å²) in [6.07, 6.45) is 1.10. The lowest BCUT2D eigenvalue weighted by atomic mass is 9.90. The molecule has 0 saturated carbocycles. The Morgan fingerprint density at radius 3 is 2.50 bits per heavy atom. The number of nitriles is 1. The summed E-state index contributed by atoms with van der Waals surface area (Å²) < 4.78 is 0. The fourth-order valence-corrected chi connectivity index (χ4v) is 2.71. The Morgan fingerprint density at radius 2 is 1.90 bits per heavy atom. The van der Waals surface area contributed by atoms with Gasteiger partial charge in [0.05, 0.1) is 11.6 Å². The van der Waals surface area contributed by atoms with E-state index in [2.05, 4.69) is 11.4 Å². The predicted octanol–water partition coefficient (Wildman–Crippen LogP) is 2.17. The largest absolute Gasteiger partial charge is 0.325 e. The molecule has 5 heteroatoms. The van der Waals surface area contributed by atoms with Crippen molar-refractivity contribution < 1.29 is 9.59 Å². The number of nitrogens with one attached hydrogen (secondary N) is 1. The van der Waals surface area contributed by atoms with Crippen LogP contribution in [-0.4, -0.2) is 22.4 Å². The summed E-state index contributed by atoms with van der Waals surface area (Å²) in [5.74, 6) is -0.248. The maximum absolute atomic E-state index is 12.1. The van der Waals surface area contributed by atoms with Gasteiger partial charge in [0.25, 0.3) is 5.91 Å². The Bertz CT molecular complexity index is 585. The molecule has 0 atom stereocenters. The first kappa shape index (κ1) is 14.1. The number of urea groups is 1. The number of amides is 3. The monoisotopic (exact) mass is 271 g/mol. The highest BCUT2D eigenvalue weighted by atomic mass is 16.2. The van der Waals surface area contributed by atoms with Crippen LogP contribution in [0.4, 0.5) is 4.79 Å². The molecule has 1 fully saturated rings. The first-order valence-electron chi connectivity index (χ1n) is 6.70. The molecule has 0 unspecified atom stereocenters. The standard InChI is InChI=1S/C15H17N3O2/c1-3-15(4-2)13(19)17-14(20)18(15)10-12-8-6-5-7-11(12)9-16/h5-8H,3-4,10H2,1-2H3,(H,17,19,20). The maximum atomic E-state index is 12.1. The first-order valence-corrected chi connectivity index (χ1v) is 6.70. The Labute approximate surface area is 118 Å². The molecule has 1 saturated heterocycles. The van der Waals surface area contributed by atoms with E-state index in [1.54, 1.807) is 17.0 Å². The molecule has 0 spiro atoms. The van der Waals surface area contributed by atoms with Crippen molar-refractivity contribution in [1.29, 1.82) is 5.26 Å². The van der Waals surface area contributed by atoms with E-state index in [0.717, 1.165) is 5.56 Å². The van der Waals surface area contributed by atoms with Crippen molar-refractivity contribution in [3.63, 3.8) is 0 Å². The second-order valence-electron chi connectivity index (χ2n) is 4.85. The molecule has 0 radical (unpaired) electrons. The molecule has 0 aromatic heterocycles. The minimum atomic E-state index is -0.806. The van der Waals surface area contributed by atoms with Crippen molar-refractivity contribution >= 4 is 11.9 Å². The van der Waals surface area contributed by atoms with Gasteiger partial charge in [-0.2, -0.15) is 5.26 Å². The van der Waals surface area contributed by atoms with Crippen molar-refractivity contribution in [2.75, 3.05) is 0 Å². The fourth-order valence-electron chi connectivity index (χ4n) is 2.71. The number of imide groups is 1. The van der Waals surface area contributed by atoms with E-state index in [4.69, 9.17) is 5.26 Å². The number of carbonyl (C=O) groups is 2. The van der Waals surface area contributed by atoms with Crippen LogP contribution < -0.4 is 5.32 Å². The minimum Gasteiger partial charge on any atom is -0.305 e. The molecule has 1 N–H and O–H groups in total. The van der Waals surface area contributed by atoms with Gasteiger partial charge in [0.2, 0.25) is 0 Å². The van der Waals surface area contributed by atoms with E-state index in [-0.39, 0.29) is 18.5 Å². The van der Waals surface area contributed by atoms with Crippen molar-refractivity contribution in [3.8, 4) is 6.07 Å². The van der Waals surface area contributed by atoms with E-state index >= 15 is 0 Å². The molecular weight excluding hydrogens is 254 g/mol.